The molecule has 4 heteroatoms. The zero-order valence-electron chi connectivity index (χ0n) is 14.2. The Morgan fingerprint density at radius 3 is 2.57 bits per heavy atom. The van der Waals surface area contributed by atoms with Crippen molar-refractivity contribution >= 4 is 6.03 Å². The average molecular weight is 318 g/mol. The molecule has 0 spiro atoms. The van der Waals surface area contributed by atoms with Crippen molar-refractivity contribution in [3.05, 3.63) is 35.9 Å². The van der Waals surface area contributed by atoms with Gasteiger partial charge in [0, 0.05) is 31.7 Å². The van der Waals surface area contributed by atoms with Crippen molar-refractivity contribution in [3.8, 4) is 0 Å². The van der Waals surface area contributed by atoms with E-state index in [-0.39, 0.29) is 18.6 Å². The van der Waals surface area contributed by atoms with Crippen molar-refractivity contribution < 1.29 is 9.90 Å². The van der Waals surface area contributed by atoms with Gasteiger partial charge in [0.05, 0.1) is 0 Å². The third-order valence-corrected chi connectivity index (χ3v) is 4.87. The third-order valence-electron chi connectivity index (χ3n) is 4.87. The molecule has 2 rings (SSSR count). The van der Waals surface area contributed by atoms with Crippen LogP contribution in [0.15, 0.2) is 30.3 Å². The lowest BCUT2D eigenvalue weighted by atomic mass is 9.94. The lowest BCUT2D eigenvalue weighted by molar-refractivity contribution is 0.158. The standard InChI is InChI=1S/C19H30N2O2/c1-2-21(18-11-7-4-8-12-18)19(23)20-15-17(13-14-22)16-9-5-3-6-10-16/h3,5-6,9-10,17-18,22H,2,4,7-8,11-15H2,1H3,(H,20,23). The Balaban J connectivity index is 1.91. The highest BCUT2D eigenvalue weighted by molar-refractivity contribution is 5.74. The number of amides is 2. The first kappa shape index (κ1) is 17.8. The van der Waals surface area contributed by atoms with Gasteiger partial charge in [0.25, 0.3) is 0 Å². The van der Waals surface area contributed by atoms with Crippen LogP contribution in [0.4, 0.5) is 4.79 Å². The molecule has 0 radical (unpaired) electrons. The van der Waals surface area contributed by atoms with Crippen LogP contribution in [0.2, 0.25) is 0 Å². The maximum absolute atomic E-state index is 12.6. The second kappa shape index (κ2) is 9.56. The summed E-state index contributed by atoms with van der Waals surface area (Å²) < 4.78 is 0. The molecule has 1 aliphatic carbocycles. The second-order valence-electron chi connectivity index (χ2n) is 6.38. The maximum atomic E-state index is 12.6. The molecule has 23 heavy (non-hydrogen) atoms. The first-order valence-corrected chi connectivity index (χ1v) is 8.96. The number of hydrogen-bond donors (Lipinski definition) is 2. The molecular formula is C19H30N2O2. The van der Waals surface area contributed by atoms with Gasteiger partial charge >= 0.3 is 6.03 Å². The highest BCUT2D eigenvalue weighted by Gasteiger charge is 2.24. The molecule has 1 fully saturated rings. The molecule has 128 valence electrons. The van der Waals surface area contributed by atoms with E-state index in [1.807, 2.05) is 23.1 Å². The molecule has 1 aromatic rings. The molecule has 2 N–H and O–H groups in total. The molecule has 0 aliphatic heterocycles. The second-order valence-corrected chi connectivity index (χ2v) is 6.38. The van der Waals surface area contributed by atoms with Crippen molar-refractivity contribution in [1.82, 2.24) is 10.2 Å². The van der Waals surface area contributed by atoms with E-state index in [2.05, 4.69) is 24.4 Å². The van der Waals surface area contributed by atoms with E-state index < -0.39 is 0 Å². The van der Waals surface area contributed by atoms with Crippen LogP contribution in [-0.2, 0) is 0 Å². The molecule has 1 unspecified atom stereocenters. The number of carbonyl (C=O) groups excluding carboxylic acids is 1. The summed E-state index contributed by atoms with van der Waals surface area (Å²) in [5, 5.41) is 12.4. The average Bonchev–Trinajstić information content (AvgIpc) is 2.61. The van der Waals surface area contributed by atoms with Crippen molar-refractivity contribution in [2.24, 2.45) is 0 Å². The number of rotatable bonds is 7. The van der Waals surface area contributed by atoms with Crippen molar-refractivity contribution in [1.29, 1.82) is 0 Å². The van der Waals surface area contributed by atoms with Crippen molar-refractivity contribution in [2.75, 3.05) is 19.7 Å². The smallest absolute Gasteiger partial charge is 0.317 e. The van der Waals surface area contributed by atoms with Gasteiger partial charge in [-0.25, -0.2) is 4.79 Å². The van der Waals surface area contributed by atoms with Crippen LogP contribution in [0.25, 0.3) is 0 Å². The Bertz CT molecular complexity index is 458. The Kier molecular flexibility index (Phi) is 7.40. The monoisotopic (exact) mass is 318 g/mol. The number of urea groups is 1. The van der Waals surface area contributed by atoms with Crippen LogP contribution in [-0.4, -0.2) is 41.8 Å². The highest BCUT2D eigenvalue weighted by Crippen LogP contribution is 2.23. The van der Waals surface area contributed by atoms with Gasteiger partial charge in [0.1, 0.15) is 0 Å². The molecule has 2 amide bonds. The first-order chi connectivity index (χ1) is 11.3. The summed E-state index contributed by atoms with van der Waals surface area (Å²) in [5.41, 5.74) is 1.17. The predicted molar refractivity (Wildman–Crippen MR) is 93.5 cm³/mol. The van der Waals surface area contributed by atoms with Gasteiger partial charge in [0.15, 0.2) is 0 Å². The first-order valence-electron chi connectivity index (χ1n) is 8.96. The van der Waals surface area contributed by atoms with Gasteiger partial charge in [-0.1, -0.05) is 49.6 Å². The van der Waals surface area contributed by atoms with Crippen molar-refractivity contribution in [2.45, 2.75) is 57.4 Å². The van der Waals surface area contributed by atoms with E-state index in [1.54, 1.807) is 0 Å². The minimum Gasteiger partial charge on any atom is -0.396 e. The fourth-order valence-electron chi connectivity index (χ4n) is 3.54. The molecule has 1 aliphatic rings. The van der Waals surface area contributed by atoms with Gasteiger partial charge in [-0.3, -0.25) is 0 Å². The number of benzene rings is 1. The van der Waals surface area contributed by atoms with Gasteiger partial charge < -0.3 is 15.3 Å². The molecule has 0 saturated heterocycles. The van der Waals surface area contributed by atoms with E-state index in [1.165, 1.54) is 24.8 Å². The molecule has 1 atom stereocenters. The summed E-state index contributed by atoms with van der Waals surface area (Å²) in [7, 11) is 0. The van der Waals surface area contributed by atoms with E-state index >= 15 is 0 Å². The molecule has 0 heterocycles. The van der Waals surface area contributed by atoms with Crippen LogP contribution in [0.1, 0.15) is 56.9 Å². The number of carbonyl (C=O) groups is 1. The highest BCUT2D eigenvalue weighted by atomic mass is 16.3. The molecular weight excluding hydrogens is 288 g/mol. The summed E-state index contributed by atoms with van der Waals surface area (Å²) in [4.78, 5) is 14.6. The van der Waals surface area contributed by atoms with Gasteiger partial charge in [-0.2, -0.15) is 0 Å². The number of hydrogen-bond acceptors (Lipinski definition) is 2. The molecule has 0 bridgehead atoms. The summed E-state index contributed by atoms with van der Waals surface area (Å²) in [6, 6.07) is 10.5. The summed E-state index contributed by atoms with van der Waals surface area (Å²) >= 11 is 0. The largest absolute Gasteiger partial charge is 0.396 e. The van der Waals surface area contributed by atoms with Crippen LogP contribution >= 0.6 is 0 Å². The number of nitrogens with one attached hydrogen (secondary N) is 1. The fraction of sp³-hybridized carbons (Fsp3) is 0.632. The summed E-state index contributed by atoms with van der Waals surface area (Å²) in [6.07, 6.45) is 6.67. The zero-order valence-corrected chi connectivity index (χ0v) is 14.2. The molecule has 0 aromatic heterocycles. The SMILES string of the molecule is CCN(C(=O)NCC(CCO)c1ccccc1)C1CCCCC1. The third kappa shape index (κ3) is 5.24. The van der Waals surface area contributed by atoms with Crippen LogP contribution in [0.3, 0.4) is 0 Å². The Morgan fingerprint density at radius 2 is 1.96 bits per heavy atom. The van der Waals surface area contributed by atoms with E-state index in [0.29, 0.717) is 19.0 Å². The number of aliphatic hydroxyl groups is 1. The lowest BCUT2D eigenvalue weighted by Crippen LogP contribution is -2.47. The maximum Gasteiger partial charge on any atom is 0.317 e. The Labute approximate surface area is 139 Å². The lowest BCUT2D eigenvalue weighted by Gasteiger charge is -2.34. The van der Waals surface area contributed by atoms with Gasteiger partial charge in [-0.15, -0.1) is 0 Å². The fourth-order valence-corrected chi connectivity index (χ4v) is 3.54. The quantitative estimate of drug-likeness (QED) is 0.808. The normalized spacial score (nSPS) is 16.8. The van der Waals surface area contributed by atoms with E-state index in [4.69, 9.17) is 0 Å². The van der Waals surface area contributed by atoms with Crippen LogP contribution in [0, 0.1) is 0 Å². The topological polar surface area (TPSA) is 52.6 Å². The van der Waals surface area contributed by atoms with Crippen molar-refractivity contribution in [3.63, 3.8) is 0 Å². The zero-order chi connectivity index (χ0) is 16.5. The predicted octanol–water partition coefficient (Wildman–Crippen LogP) is 3.52. The Hall–Kier alpha value is -1.55. The summed E-state index contributed by atoms with van der Waals surface area (Å²) in [6.45, 7) is 3.52. The number of nitrogens with zero attached hydrogens (tertiary/aromatic N) is 1. The molecule has 4 nitrogen and oxygen atoms in total. The van der Waals surface area contributed by atoms with E-state index in [9.17, 15) is 9.90 Å². The summed E-state index contributed by atoms with van der Waals surface area (Å²) in [5.74, 6) is 0.162. The van der Waals surface area contributed by atoms with Gasteiger partial charge in [-0.05, 0) is 31.7 Å². The van der Waals surface area contributed by atoms with Crippen LogP contribution in [0.5, 0.6) is 0 Å². The number of aliphatic hydroxyl groups excluding tert-OH is 1. The van der Waals surface area contributed by atoms with Crippen LogP contribution < -0.4 is 5.32 Å². The van der Waals surface area contributed by atoms with Gasteiger partial charge in [0.2, 0.25) is 0 Å². The molecule has 1 saturated carbocycles. The van der Waals surface area contributed by atoms with E-state index in [0.717, 1.165) is 19.4 Å². The minimum atomic E-state index is 0.0401. The molecule has 1 aromatic carbocycles. The Morgan fingerprint density at radius 1 is 1.26 bits per heavy atom. The minimum absolute atomic E-state index is 0.0401.